The fourth-order valence-electron chi connectivity index (χ4n) is 1.95. The van der Waals surface area contributed by atoms with Gasteiger partial charge in [-0.1, -0.05) is 5.21 Å². The number of aromatic amines is 1. The van der Waals surface area contributed by atoms with Gasteiger partial charge in [-0.2, -0.15) is 0 Å². The Labute approximate surface area is 123 Å². The molecule has 0 bridgehead atoms. The Morgan fingerprint density at radius 3 is 3.00 bits per heavy atom. The molecular weight excluding hydrogens is 292 g/mol. The van der Waals surface area contributed by atoms with E-state index in [1.807, 2.05) is 0 Å². The Balaban J connectivity index is 1.53. The van der Waals surface area contributed by atoms with Gasteiger partial charge in [-0.25, -0.2) is 13.1 Å². The highest BCUT2D eigenvalue weighted by Crippen LogP contribution is 2.19. The highest BCUT2D eigenvalue weighted by Gasteiger charge is 2.21. The van der Waals surface area contributed by atoms with Crippen LogP contribution in [0.2, 0.25) is 0 Å². The van der Waals surface area contributed by atoms with Crippen LogP contribution in [0.25, 0.3) is 0 Å². The van der Waals surface area contributed by atoms with E-state index in [1.165, 1.54) is 19.0 Å². The molecule has 1 aliphatic rings. The van der Waals surface area contributed by atoms with Gasteiger partial charge in [0.25, 0.3) is 0 Å². The molecule has 0 aromatic carbocycles. The predicted octanol–water partition coefficient (Wildman–Crippen LogP) is -0.163. The van der Waals surface area contributed by atoms with E-state index in [-0.39, 0.29) is 11.4 Å². The van der Waals surface area contributed by atoms with Gasteiger partial charge in [-0.15, -0.1) is 5.10 Å². The highest BCUT2D eigenvalue weighted by molar-refractivity contribution is 7.89. The molecule has 21 heavy (non-hydrogen) atoms. The first-order valence-corrected chi connectivity index (χ1v) is 8.36. The molecule has 2 heterocycles. The zero-order chi connectivity index (χ0) is 14.7. The molecule has 0 aliphatic heterocycles. The monoisotopic (exact) mass is 310 g/mol. The van der Waals surface area contributed by atoms with Gasteiger partial charge in [0.1, 0.15) is 0 Å². The molecule has 2 aromatic rings. The van der Waals surface area contributed by atoms with E-state index in [0.717, 1.165) is 5.69 Å². The number of nitrogens with zero attached hydrogens (tertiary/aromatic N) is 3. The first-order valence-electron chi connectivity index (χ1n) is 6.88. The van der Waals surface area contributed by atoms with Crippen molar-refractivity contribution in [2.45, 2.75) is 36.9 Å². The summed E-state index contributed by atoms with van der Waals surface area (Å²) >= 11 is 0. The quantitative estimate of drug-likeness (QED) is 0.628. The number of rotatable bonds is 8. The Morgan fingerprint density at radius 1 is 1.43 bits per heavy atom. The molecule has 0 spiro atoms. The third kappa shape index (κ3) is 3.90. The zero-order valence-corrected chi connectivity index (χ0v) is 12.3. The minimum Gasteiger partial charge on any atom is -0.363 e. The van der Waals surface area contributed by atoms with Crippen molar-refractivity contribution in [3.63, 3.8) is 0 Å². The molecule has 1 fully saturated rings. The van der Waals surface area contributed by atoms with Crippen molar-refractivity contribution in [1.29, 1.82) is 0 Å². The minimum absolute atomic E-state index is 0.258. The van der Waals surface area contributed by atoms with Gasteiger partial charge in [-0.3, -0.25) is 4.68 Å². The van der Waals surface area contributed by atoms with Gasteiger partial charge < -0.3 is 10.3 Å². The molecule has 0 radical (unpaired) electrons. The highest BCUT2D eigenvalue weighted by atomic mass is 32.2. The van der Waals surface area contributed by atoms with Crippen LogP contribution in [0.4, 0.5) is 0 Å². The van der Waals surface area contributed by atoms with E-state index in [0.29, 0.717) is 19.1 Å². The van der Waals surface area contributed by atoms with Crippen LogP contribution < -0.4 is 10.0 Å². The van der Waals surface area contributed by atoms with Crippen LogP contribution >= 0.6 is 0 Å². The summed E-state index contributed by atoms with van der Waals surface area (Å²) in [6.45, 7) is 1.38. The Bertz CT molecular complexity index is 674. The lowest BCUT2D eigenvalue weighted by Gasteiger charge is -2.04. The van der Waals surface area contributed by atoms with Crippen molar-refractivity contribution < 1.29 is 8.42 Å². The third-order valence-corrected chi connectivity index (χ3v) is 4.73. The molecule has 2 aromatic heterocycles. The molecule has 9 heteroatoms. The molecular formula is C12H18N6O2S. The van der Waals surface area contributed by atoms with Crippen LogP contribution in [-0.2, 0) is 23.1 Å². The lowest BCUT2D eigenvalue weighted by molar-refractivity contribution is 0.553. The third-order valence-electron chi connectivity index (χ3n) is 3.29. The summed E-state index contributed by atoms with van der Waals surface area (Å²) in [4.78, 5) is 3.25. The van der Waals surface area contributed by atoms with Crippen LogP contribution in [0, 0.1) is 0 Å². The van der Waals surface area contributed by atoms with Crippen LogP contribution in [0.5, 0.6) is 0 Å². The molecule has 0 atom stereocenters. The summed E-state index contributed by atoms with van der Waals surface area (Å²) in [5.41, 5.74) is 0.874. The molecule has 0 amide bonds. The maximum absolute atomic E-state index is 12.1. The maximum atomic E-state index is 12.1. The smallest absolute Gasteiger partial charge is 0.242 e. The lowest BCUT2D eigenvalue weighted by atomic mass is 10.4. The van der Waals surface area contributed by atoms with Crippen LogP contribution in [0.3, 0.4) is 0 Å². The van der Waals surface area contributed by atoms with Crippen molar-refractivity contribution in [3.8, 4) is 0 Å². The zero-order valence-electron chi connectivity index (χ0n) is 11.5. The fourth-order valence-corrected chi connectivity index (χ4v) is 2.99. The molecule has 114 valence electrons. The van der Waals surface area contributed by atoms with Gasteiger partial charge in [-0.05, 0) is 18.9 Å². The number of aromatic nitrogens is 4. The summed E-state index contributed by atoms with van der Waals surface area (Å²) in [7, 11) is -3.49. The summed E-state index contributed by atoms with van der Waals surface area (Å²) in [5.74, 6) is 0. The molecule has 8 nitrogen and oxygen atoms in total. The molecule has 1 saturated carbocycles. The van der Waals surface area contributed by atoms with Crippen LogP contribution in [-0.4, -0.2) is 41.0 Å². The van der Waals surface area contributed by atoms with Crippen LogP contribution in [0.1, 0.15) is 18.5 Å². The number of H-pyrrole nitrogens is 1. The number of sulfonamides is 1. The molecule has 3 rings (SSSR count). The largest absolute Gasteiger partial charge is 0.363 e. The van der Waals surface area contributed by atoms with Crippen molar-refractivity contribution in [1.82, 2.24) is 30.0 Å². The summed E-state index contributed by atoms with van der Waals surface area (Å²) in [6, 6.07) is 2.25. The average molecular weight is 310 g/mol. The SMILES string of the molecule is O=S(=O)(NCCn1ccnn1)c1c[nH]c(CNC2CC2)c1. The molecule has 0 saturated heterocycles. The second kappa shape index (κ2) is 5.96. The van der Waals surface area contributed by atoms with E-state index < -0.39 is 10.0 Å². The average Bonchev–Trinajstić information content (AvgIpc) is 2.93. The maximum Gasteiger partial charge on any atom is 0.242 e. The van der Waals surface area contributed by atoms with Crippen molar-refractivity contribution in [3.05, 3.63) is 30.4 Å². The first-order chi connectivity index (χ1) is 10.1. The van der Waals surface area contributed by atoms with Gasteiger partial charge in [0, 0.05) is 37.2 Å². The van der Waals surface area contributed by atoms with E-state index in [9.17, 15) is 8.42 Å². The molecule has 0 unspecified atom stereocenters. The molecule has 3 N–H and O–H groups in total. The molecule has 1 aliphatic carbocycles. The predicted molar refractivity (Wildman–Crippen MR) is 75.9 cm³/mol. The van der Waals surface area contributed by atoms with Gasteiger partial charge in [0.2, 0.25) is 10.0 Å². The topological polar surface area (TPSA) is 105 Å². The van der Waals surface area contributed by atoms with E-state index in [2.05, 4.69) is 25.3 Å². The van der Waals surface area contributed by atoms with Crippen molar-refractivity contribution >= 4 is 10.0 Å². The normalized spacial score (nSPS) is 15.4. The number of hydrogen-bond acceptors (Lipinski definition) is 5. The Hall–Kier alpha value is -1.71. The van der Waals surface area contributed by atoms with E-state index in [4.69, 9.17) is 0 Å². The first kappa shape index (κ1) is 14.2. The lowest BCUT2D eigenvalue weighted by Crippen LogP contribution is -2.27. The van der Waals surface area contributed by atoms with Crippen LogP contribution in [0.15, 0.2) is 29.6 Å². The van der Waals surface area contributed by atoms with Crippen molar-refractivity contribution in [2.75, 3.05) is 6.54 Å². The Kier molecular flexibility index (Phi) is 4.04. The van der Waals surface area contributed by atoms with Gasteiger partial charge in [0.15, 0.2) is 0 Å². The second-order valence-electron chi connectivity index (χ2n) is 5.08. The standard InChI is InChI=1S/C12H18N6O2S/c19-21(20,16-4-6-18-5-3-15-17-18)12-7-11(14-9-12)8-13-10-1-2-10/h3,5,7,9-10,13-14,16H,1-2,4,6,8H2. The summed E-state index contributed by atoms with van der Waals surface area (Å²) < 4.78 is 28.4. The number of hydrogen-bond donors (Lipinski definition) is 3. The van der Waals surface area contributed by atoms with Crippen molar-refractivity contribution in [2.24, 2.45) is 0 Å². The number of nitrogens with one attached hydrogen (secondary N) is 3. The summed E-state index contributed by atoms with van der Waals surface area (Å²) in [5, 5.41) is 10.8. The summed E-state index contributed by atoms with van der Waals surface area (Å²) in [6.07, 6.45) is 7.17. The second-order valence-corrected chi connectivity index (χ2v) is 6.85. The minimum atomic E-state index is -3.49. The Morgan fingerprint density at radius 2 is 2.29 bits per heavy atom. The fraction of sp³-hybridized carbons (Fsp3) is 0.500. The van der Waals surface area contributed by atoms with Gasteiger partial charge in [0.05, 0.1) is 17.6 Å². The van der Waals surface area contributed by atoms with E-state index >= 15 is 0 Å². The van der Waals surface area contributed by atoms with E-state index in [1.54, 1.807) is 23.1 Å². The van der Waals surface area contributed by atoms with Gasteiger partial charge >= 0.3 is 0 Å².